The molecule has 2 aliphatic rings. The van der Waals surface area contributed by atoms with Crippen LogP contribution in [0.3, 0.4) is 0 Å². The summed E-state index contributed by atoms with van der Waals surface area (Å²) in [5.74, 6) is -1.67. The molecule has 0 aromatic heterocycles. The number of fused-ring (bicyclic) bond motifs is 1. The van der Waals surface area contributed by atoms with Gasteiger partial charge in [0.1, 0.15) is 17.4 Å². The number of carbonyl (C=O) groups excluding carboxylic acids is 2. The molecule has 3 atom stereocenters. The second kappa shape index (κ2) is 9.78. The number of hydrogen-bond acceptors (Lipinski definition) is 6. The Balaban J connectivity index is 1.47. The number of hydrogen-bond donors (Lipinski definition) is 0. The van der Waals surface area contributed by atoms with E-state index in [0.29, 0.717) is 29.3 Å². The standard InChI is InChI=1S/C27H23F3N2O5/c1-2-16-35-20-14-10-18(11-15-20)31-25(33)22-23(17-8-12-21(13-9-17)36-27(28,29)30)32(37-24(22)26(31)34)19-6-4-3-5-7-19/h3-15,22-24H,2,16H2,1H3/t22-,23+,24+/m1/s1. The van der Waals surface area contributed by atoms with Crippen molar-refractivity contribution in [3.8, 4) is 11.5 Å². The molecule has 2 heterocycles. The van der Waals surface area contributed by atoms with E-state index in [1.807, 2.05) is 13.0 Å². The van der Waals surface area contributed by atoms with Gasteiger partial charge in [-0.25, -0.2) is 9.96 Å². The molecular formula is C27H23F3N2O5. The van der Waals surface area contributed by atoms with Crippen molar-refractivity contribution in [3.05, 3.63) is 84.4 Å². The number of halogens is 3. The molecule has 37 heavy (non-hydrogen) atoms. The number of para-hydroxylation sites is 1. The number of carbonyl (C=O) groups is 2. The summed E-state index contributed by atoms with van der Waals surface area (Å²) in [5, 5.41) is 1.48. The molecule has 192 valence electrons. The predicted octanol–water partition coefficient (Wildman–Crippen LogP) is 5.43. The third-order valence-electron chi connectivity index (χ3n) is 6.15. The normalized spacial score (nSPS) is 21.4. The molecule has 0 N–H and O–H groups in total. The summed E-state index contributed by atoms with van der Waals surface area (Å²) in [7, 11) is 0. The molecular weight excluding hydrogens is 489 g/mol. The maximum atomic E-state index is 13.7. The number of benzene rings is 3. The van der Waals surface area contributed by atoms with E-state index in [4.69, 9.17) is 9.57 Å². The van der Waals surface area contributed by atoms with Gasteiger partial charge in [0, 0.05) is 0 Å². The number of nitrogens with zero attached hydrogens (tertiary/aromatic N) is 2. The fraction of sp³-hybridized carbons (Fsp3) is 0.259. The average Bonchev–Trinajstić information content (AvgIpc) is 3.39. The molecule has 0 unspecified atom stereocenters. The van der Waals surface area contributed by atoms with Gasteiger partial charge < -0.3 is 9.47 Å². The molecule has 10 heteroatoms. The molecule has 5 rings (SSSR count). The maximum Gasteiger partial charge on any atom is 0.573 e. The summed E-state index contributed by atoms with van der Waals surface area (Å²) < 4.78 is 47.5. The van der Waals surface area contributed by atoms with Crippen LogP contribution in [-0.4, -0.2) is 30.9 Å². The van der Waals surface area contributed by atoms with Gasteiger partial charge in [-0.05, 0) is 60.5 Å². The van der Waals surface area contributed by atoms with Gasteiger partial charge in [0.15, 0.2) is 6.10 Å². The van der Waals surface area contributed by atoms with E-state index in [-0.39, 0.29) is 5.75 Å². The Kier molecular flexibility index (Phi) is 6.51. The summed E-state index contributed by atoms with van der Waals surface area (Å²) in [6, 6.07) is 20.0. The molecule has 0 saturated carbocycles. The highest BCUT2D eigenvalue weighted by atomic mass is 19.4. The Morgan fingerprint density at radius 2 is 1.49 bits per heavy atom. The van der Waals surface area contributed by atoms with Gasteiger partial charge in [-0.3, -0.25) is 14.4 Å². The minimum absolute atomic E-state index is 0.385. The number of hydroxylamine groups is 1. The third-order valence-corrected chi connectivity index (χ3v) is 6.15. The van der Waals surface area contributed by atoms with Crippen molar-refractivity contribution in [1.29, 1.82) is 0 Å². The van der Waals surface area contributed by atoms with Gasteiger partial charge in [-0.2, -0.15) is 0 Å². The molecule has 0 spiro atoms. The average molecular weight is 512 g/mol. The van der Waals surface area contributed by atoms with Gasteiger partial charge >= 0.3 is 6.36 Å². The van der Waals surface area contributed by atoms with E-state index in [1.165, 1.54) is 29.3 Å². The first-order valence-electron chi connectivity index (χ1n) is 11.7. The molecule has 0 radical (unpaired) electrons. The van der Waals surface area contributed by atoms with E-state index in [0.717, 1.165) is 11.3 Å². The van der Waals surface area contributed by atoms with Crippen molar-refractivity contribution in [1.82, 2.24) is 0 Å². The molecule has 3 aromatic carbocycles. The molecule has 2 saturated heterocycles. The zero-order valence-corrected chi connectivity index (χ0v) is 19.7. The van der Waals surface area contributed by atoms with E-state index in [1.54, 1.807) is 48.5 Å². The van der Waals surface area contributed by atoms with Gasteiger partial charge in [0.2, 0.25) is 5.91 Å². The van der Waals surface area contributed by atoms with Crippen molar-refractivity contribution in [2.75, 3.05) is 16.6 Å². The van der Waals surface area contributed by atoms with E-state index >= 15 is 0 Å². The fourth-order valence-corrected chi connectivity index (χ4v) is 4.58. The molecule has 2 fully saturated rings. The Labute approximate surface area is 210 Å². The summed E-state index contributed by atoms with van der Waals surface area (Å²) in [6.45, 7) is 2.53. The quantitative estimate of drug-likeness (QED) is 0.394. The number of ether oxygens (including phenoxy) is 2. The highest BCUT2D eigenvalue weighted by Gasteiger charge is 2.60. The highest BCUT2D eigenvalue weighted by Crippen LogP contribution is 2.48. The molecule has 3 aromatic rings. The van der Waals surface area contributed by atoms with Crippen LogP contribution in [0.4, 0.5) is 24.5 Å². The third kappa shape index (κ3) is 4.84. The first-order valence-corrected chi connectivity index (χ1v) is 11.7. The number of imide groups is 1. The van der Waals surface area contributed by atoms with Crippen molar-refractivity contribution >= 4 is 23.2 Å². The summed E-state index contributed by atoms with van der Waals surface area (Å²) in [5.41, 5.74) is 1.48. The Morgan fingerprint density at radius 3 is 2.11 bits per heavy atom. The van der Waals surface area contributed by atoms with Crippen molar-refractivity contribution in [2.45, 2.75) is 31.9 Å². The van der Waals surface area contributed by atoms with Gasteiger partial charge in [-0.15, -0.1) is 13.2 Å². The minimum atomic E-state index is -4.83. The Bertz CT molecular complexity index is 1270. The Hall–Kier alpha value is -4.05. The van der Waals surface area contributed by atoms with Crippen molar-refractivity contribution in [2.24, 2.45) is 5.92 Å². The summed E-state index contributed by atoms with van der Waals surface area (Å²) in [6.07, 6.45) is -5.08. The number of anilines is 2. The lowest BCUT2D eigenvalue weighted by atomic mass is 9.90. The minimum Gasteiger partial charge on any atom is -0.494 e. The number of rotatable bonds is 7. The van der Waals surface area contributed by atoms with Crippen LogP contribution in [-0.2, 0) is 14.4 Å². The number of amides is 2. The molecule has 2 aliphatic heterocycles. The van der Waals surface area contributed by atoms with E-state index in [2.05, 4.69) is 4.74 Å². The Morgan fingerprint density at radius 1 is 0.838 bits per heavy atom. The summed E-state index contributed by atoms with van der Waals surface area (Å²) in [4.78, 5) is 34.2. The van der Waals surface area contributed by atoms with Gasteiger partial charge in [0.25, 0.3) is 5.91 Å². The van der Waals surface area contributed by atoms with Crippen molar-refractivity contribution in [3.63, 3.8) is 0 Å². The first kappa shape index (κ1) is 24.6. The van der Waals surface area contributed by atoms with Gasteiger partial charge in [-0.1, -0.05) is 37.3 Å². The lowest BCUT2D eigenvalue weighted by Crippen LogP contribution is -2.37. The fourth-order valence-electron chi connectivity index (χ4n) is 4.58. The lowest BCUT2D eigenvalue weighted by molar-refractivity contribution is -0.274. The zero-order chi connectivity index (χ0) is 26.2. The molecule has 2 amide bonds. The highest BCUT2D eigenvalue weighted by molar-refractivity contribution is 6.23. The van der Waals surface area contributed by atoms with Crippen LogP contribution in [0.2, 0.25) is 0 Å². The van der Waals surface area contributed by atoms with Crippen LogP contribution in [0, 0.1) is 5.92 Å². The van der Waals surface area contributed by atoms with Crippen molar-refractivity contribution < 1.29 is 37.1 Å². The van der Waals surface area contributed by atoms with Crippen LogP contribution in [0.25, 0.3) is 0 Å². The largest absolute Gasteiger partial charge is 0.573 e. The lowest BCUT2D eigenvalue weighted by Gasteiger charge is -2.29. The first-order chi connectivity index (χ1) is 17.8. The van der Waals surface area contributed by atoms with Crippen LogP contribution in [0.1, 0.15) is 24.9 Å². The second-order valence-electron chi connectivity index (χ2n) is 8.63. The predicted molar refractivity (Wildman–Crippen MR) is 128 cm³/mol. The van der Waals surface area contributed by atoms with Gasteiger partial charge in [0.05, 0.1) is 24.0 Å². The molecule has 0 bridgehead atoms. The smallest absolute Gasteiger partial charge is 0.494 e. The topological polar surface area (TPSA) is 68.3 Å². The summed E-state index contributed by atoms with van der Waals surface area (Å²) >= 11 is 0. The second-order valence-corrected chi connectivity index (χ2v) is 8.63. The van der Waals surface area contributed by atoms with Crippen LogP contribution in [0.5, 0.6) is 11.5 Å². The zero-order valence-electron chi connectivity index (χ0n) is 19.7. The van der Waals surface area contributed by atoms with Crippen LogP contribution < -0.4 is 19.4 Å². The van der Waals surface area contributed by atoms with Crippen LogP contribution >= 0.6 is 0 Å². The monoisotopic (exact) mass is 512 g/mol. The molecule has 7 nitrogen and oxygen atoms in total. The SMILES string of the molecule is CCCOc1ccc(N2C(=O)[C@H]3[C@H](ON(c4ccccc4)[C@H]3c3ccc(OC(F)(F)F)cc3)C2=O)cc1. The number of alkyl halides is 3. The van der Waals surface area contributed by atoms with E-state index < -0.39 is 36.2 Å². The van der Waals surface area contributed by atoms with Crippen LogP contribution in [0.15, 0.2) is 78.9 Å². The van der Waals surface area contributed by atoms with E-state index in [9.17, 15) is 22.8 Å². The molecule has 0 aliphatic carbocycles. The maximum absolute atomic E-state index is 13.7.